The number of fused-ring (bicyclic) bond motifs is 3. The zero-order valence-corrected chi connectivity index (χ0v) is 11.4. The molecule has 2 atom stereocenters. The van der Waals surface area contributed by atoms with Crippen LogP contribution in [-0.2, 0) is 0 Å². The zero-order valence-electron chi connectivity index (χ0n) is 10.6. The molecule has 2 aliphatic heterocycles. The molecular weight excluding hydrogens is 250 g/mol. The van der Waals surface area contributed by atoms with E-state index in [1.807, 2.05) is 6.07 Å². The van der Waals surface area contributed by atoms with E-state index in [1.165, 1.54) is 18.4 Å². The van der Waals surface area contributed by atoms with Crippen LogP contribution in [0.3, 0.4) is 0 Å². The van der Waals surface area contributed by atoms with Gasteiger partial charge >= 0.3 is 0 Å². The van der Waals surface area contributed by atoms with Gasteiger partial charge < -0.3 is 9.84 Å². The molecule has 1 N–H and O–H groups in total. The van der Waals surface area contributed by atoms with Crippen LogP contribution in [0.4, 0.5) is 0 Å². The minimum Gasteiger partial charge on any atom is -0.504 e. The predicted molar refractivity (Wildman–Crippen MR) is 73.9 cm³/mol. The van der Waals surface area contributed by atoms with Crippen molar-refractivity contribution < 1.29 is 9.84 Å². The van der Waals surface area contributed by atoms with Crippen molar-refractivity contribution in [3.63, 3.8) is 0 Å². The number of phenolic OH excluding ortho intramolecular Hbond substituents is 1. The molecule has 0 radical (unpaired) electrons. The third-order valence-electron chi connectivity index (χ3n) is 3.99. The summed E-state index contributed by atoms with van der Waals surface area (Å²) in [5.41, 5.74) is 1.19. The van der Waals surface area contributed by atoms with Gasteiger partial charge in [0.2, 0.25) is 0 Å². The van der Waals surface area contributed by atoms with E-state index >= 15 is 0 Å². The van der Waals surface area contributed by atoms with Crippen molar-refractivity contribution in [2.45, 2.75) is 31.7 Å². The second kappa shape index (κ2) is 5.37. The molecule has 0 aliphatic carbocycles. The number of ether oxygens (including phenoxy) is 1. The SMILES string of the molecule is CCCN1CCC2c3cccc(O)c3OCC21.Cl. The number of hydrogen-bond donors (Lipinski definition) is 1. The standard InChI is InChI=1S/C14H19NO2.ClH/c1-2-7-15-8-6-10-11-4-3-5-13(16)14(11)17-9-12(10)15;/h3-5,10,12,16H,2,6-9H2,1H3;1H. The average Bonchev–Trinajstić information content (AvgIpc) is 2.74. The minimum atomic E-state index is 0. The molecular formula is C14H20ClNO2. The van der Waals surface area contributed by atoms with Gasteiger partial charge in [0.25, 0.3) is 0 Å². The van der Waals surface area contributed by atoms with Gasteiger partial charge in [-0.1, -0.05) is 19.1 Å². The highest BCUT2D eigenvalue weighted by atomic mass is 35.5. The molecule has 1 fully saturated rings. The Bertz CT molecular complexity index is 424. The van der Waals surface area contributed by atoms with Crippen LogP contribution in [0.5, 0.6) is 11.5 Å². The molecule has 0 amide bonds. The molecule has 18 heavy (non-hydrogen) atoms. The van der Waals surface area contributed by atoms with E-state index in [1.54, 1.807) is 6.07 Å². The Morgan fingerprint density at radius 2 is 2.28 bits per heavy atom. The molecule has 2 heterocycles. The maximum Gasteiger partial charge on any atom is 0.164 e. The first-order chi connectivity index (χ1) is 8.31. The summed E-state index contributed by atoms with van der Waals surface area (Å²) in [5, 5.41) is 9.81. The molecule has 1 aromatic rings. The predicted octanol–water partition coefficient (Wildman–Crippen LogP) is 2.77. The largest absolute Gasteiger partial charge is 0.504 e. The van der Waals surface area contributed by atoms with E-state index in [0.29, 0.717) is 17.7 Å². The lowest BCUT2D eigenvalue weighted by molar-refractivity contribution is 0.144. The Morgan fingerprint density at radius 3 is 3.06 bits per heavy atom. The molecule has 1 saturated heterocycles. The monoisotopic (exact) mass is 269 g/mol. The summed E-state index contributed by atoms with van der Waals surface area (Å²) < 4.78 is 5.75. The lowest BCUT2D eigenvalue weighted by atomic mass is 9.89. The van der Waals surface area contributed by atoms with E-state index in [0.717, 1.165) is 19.7 Å². The van der Waals surface area contributed by atoms with Crippen molar-refractivity contribution in [3.05, 3.63) is 23.8 Å². The molecule has 3 rings (SSSR count). The summed E-state index contributed by atoms with van der Waals surface area (Å²) in [6.45, 7) is 5.24. The van der Waals surface area contributed by atoms with Crippen LogP contribution in [0.25, 0.3) is 0 Å². The molecule has 0 aromatic heterocycles. The van der Waals surface area contributed by atoms with Crippen molar-refractivity contribution in [1.82, 2.24) is 4.90 Å². The highest BCUT2D eigenvalue weighted by Gasteiger charge is 2.40. The van der Waals surface area contributed by atoms with Gasteiger partial charge in [0.05, 0.1) is 6.04 Å². The van der Waals surface area contributed by atoms with Gasteiger partial charge in [-0.25, -0.2) is 0 Å². The average molecular weight is 270 g/mol. The smallest absolute Gasteiger partial charge is 0.164 e. The second-order valence-electron chi connectivity index (χ2n) is 5.00. The number of halogens is 1. The summed E-state index contributed by atoms with van der Waals surface area (Å²) in [5.74, 6) is 1.54. The third kappa shape index (κ3) is 2.06. The van der Waals surface area contributed by atoms with E-state index < -0.39 is 0 Å². The van der Waals surface area contributed by atoms with Crippen molar-refractivity contribution in [2.75, 3.05) is 19.7 Å². The van der Waals surface area contributed by atoms with Crippen molar-refractivity contribution in [1.29, 1.82) is 0 Å². The minimum absolute atomic E-state index is 0. The first-order valence-electron chi connectivity index (χ1n) is 6.50. The Balaban J connectivity index is 0.00000120. The highest BCUT2D eigenvalue weighted by molar-refractivity contribution is 5.85. The van der Waals surface area contributed by atoms with Crippen molar-refractivity contribution in [2.24, 2.45) is 0 Å². The van der Waals surface area contributed by atoms with Gasteiger partial charge in [0.15, 0.2) is 11.5 Å². The number of nitrogens with zero attached hydrogens (tertiary/aromatic N) is 1. The van der Waals surface area contributed by atoms with Crippen LogP contribution in [0.15, 0.2) is 18.2 Å². The van der Waals surface area contributed by atoms with Gasteiger partial charge in [0.1, 0.15) is 6.61 Å². The van der Waals surface area contributed by atoms with Crippen molar-refractivity contribution >= 4 is 12.4 Å². The molecule has 1 aromatic carbocycles. The molecule has 4 heteroatoms. The molecule has 0 saturated carbocycles. The third-order valence-corrected chi connectivity index (χ3v) is 3.99. The summed E-state index contributed by atoms with van der Waals surface area (Å²) in [4.78, 5) is 2.53. The molecule has 100 valence electrons. The maximum atomic E-state index is 9.81. The maximum absolute atomic E-state index is 9.81. The number of para-hydroxylation sites is 1. The lowest BCUT2D eigenvalue weighted by Gasteiger charge is -2.33. The zero-order chi connectivity index (χ0) is 11.8. The van der Waals surface area contributed by atoms with Gasteiger partial charge in [-0.2, -0.15) is 0 Å². The Hall–Kier alpha value is -0.930. The van der Waals surface area contributed by atoms with Gasteiger partial charge in [-0.05, 0) is 32.0 Å². The fourth-order valence-electron chi connectivity index (χ4n) is 3.23. The number of phenols is 1. The summed E-state index contributed by atoms with van der Waals surface area (Å²) in [6, 6.07) is 6.23. The lowest BCUT2D eigenvalue weighted by Crippen LogP contribution is -2.39. The number of aromatic hydroxyl groups is 1. The number of hydrogen-bond acceptors (Lipinski definition) is 3. The Kier molecular flexibility index (Phi) is 4.03. The first-order valence-corrected chi connectivity index (χ1v) is 6.50. The fraction of sp³-hybridized carbons (Fsp3) is 0.571. The van der Waals surface area contributed by atoms with Gasteiger partial charge in [-0.15, -0.1) is 12.4 Å². The van der Waals surface area contributed by atoms with E-state index in [4.69, 9.17) is 4.74 Å². The molecule has 2 unspecified atom stereocenters. The van der Waals surface area contributed by atoms with Gasteiger partial charge in [-0.3, -0.25) is 4.90 Å². The van der Waals surface area contributed by atoms with Crippen molar-refractivity contribution in [3.8, 4) is 11.5 Å². The Labute approximate surface area is 114 Å². The van der Waals surface area contributed by atoms with E-state index in [-0.39, 0.29) is 18.2 Å². The quantitative estimate of drug-likeness (QED) is 0.896. The topological polar surface area (TPSA) is 32.7 Å². The normalized spacial score (nSPS) is 25.8. The highest BCUT2D eigenvalue weighted by Crippen LogP contribution is 2.45. The van der Waals surface area contributed by atoms with Crippen LogP contribution in [0.2, 0.25) is 0 Å². The van der Waals surface area contributed by atoms with Crippen LogP contribution < -0.4 is 4.74 Å². The molecule has 2 aliphatic rings. The number of likely N-dealkylation sites (tertiary alicyclic amines) is 1. The van der Waals surface area contributed by atoms with Crippen LogP contribution in [0, 0.1) is 0 Å². The molecule has 0 spiro atoms. The van der Waals surface area contributed by atoms with Crippen LogP contribution >= 0.6 is 12.4 Å². The number of rotatable bonds is 2. The fourth-order valence-corrected chi connectivity index (χ4v) is 3.23. The molecule has 3 nitrogen and oxygen atoms in total. The van der Waals surface area contributed by atoms with E-state index in [9.17, 15) is 5.11 Å². The van der Waals surface area contributed by atoms with Gasteiger partial charge in [0, 0.05) is 11.5 Å². The summed E-state index contributed by atoms with van der Waals surface area (Å²) in [7, 11) is 0. The van der Waals surface area contributed by atoms with Crippen LogP contribution in [0.1, 0.15) is 31.2 Å². The molecule has 0 bridgehead atoms. The second-order valence-corrected chi connectivity index (χ2v) is 5.00. The first kappa shape index (κ1) is 13.5. The Morgan fingerprint density at radius 1 is 1.44 bits per heavy atom. The van der Waals surface area contributed by atoms with Crippen LogP contribution in [-0.4, -0.2) is 35.7 Å². The van der Waals surface area contributed by atoms with E-state index in [2.05, 4.69) is 17.9 Å². The summed E-state index contributed by atoms with van der Waals surface area (Å²) in [6.07, 6.45) is 2.38. The summed E-state index contributed by atoms with van der Waals surface area (Å²) >= 11 is 0. The number of benzene rings is 1.